The number of fused-ring (bicyclic) bond motifs is 1. The molecule has 5 heteroatoms. The Labute approximate surface area is 116 Å². The van der Waals surface area contributed by atoms with Crippen LogP contribution in [0.1, 0.15) is 29.8 Å². The molecule has 2 unspecified atom stereocenters. The van der Waals surface area contributed by atoms with Crippen LogP contribution in [0.2, 0.25) is 0 Å². The van der Waals surface area contributed by atoms with E-state index in [0.717, 1.165) is 10.5 Å². The van der Waals surface area contributed by atoms with Crippen molar-refractivity contribution in [3.8, 4) is 0 Å². The molecule has 3 rings (SSSR count). The molecule has 1 N–H and O–H groups in total. The van der Waals surface area contributed by atoms with E-state index in [0.29, 0.717) is 5.69 Å². The molecule has 20 heavy (non-hydrogen) atoms. The van der Waals surface area contributed by atoms with Gasteiger partial charge in [-0.2, -0.15) is 0 Å². The molecule has 1 saturated heterocycles. The Morgan fingerprint density at radius 2 is 1.75 bits per heavy atom. The number of carboxylic acids is 1. The summed E-state index contributed by atoms with van der Waals surface area (Å²) >= 11 is 0. The van der Waals surface area contributed by atoms with Gasteiger partial charge < -0.3 is 5.11 Å². The summed E-state index contributed by atoms with van der Waals surface area (Å²) in [7, 11) is 0. The number of hydrogen-bond donors (Lipinski definition) is 1. The summed E-state index contributed by atoms with van der Waals surface area (Å²) in [6, 6.07) is 4.48. The minimum atomic E-state index is -1.07. The van der Waals surface area contributed by atoms with Crippen LogP contribution in [-0.2, 0) is 9.59 Å². The maximum Gasteiger partial charge on any atom is 0.335 e. The lowest BCUT2D eigenvalue weighted by Gasteiger charge is -2.22. The van der Waals surface area contributed by atoms with E-state index in [9.17, 15) is 14.4 Å². The highest BCUT2D eigenvalue weighted by atomic mass is 16.4. The number of carbonyl (C=O) groups is 3. The predicted octanol–water partition coefficient (Wildman–Crippen LogP) is 1.84. The Morgan fingerprint density at radius 3 is 2.25 bits per heavy atom. The summed E-state index contributed by atoms with van der Waals surface area (Å²) in [4.78, 5) is 36.9. The zero-order valence-electron chi connectivity index (χ0n) is 11.5. The zero-order valence-corrected chi connectivity index (χ0v) is 11.5. The number of piperidine rings is 1. The molecule has 0 bridgehead atoms. The summed E-state index contributed by atoms with van der Waals surface area (Å²) in [5, 5.41) is 9.03. The molecule has 0 radical (unpaired) electrons. The Kier molecular flexibility index (Phi) is 2.37. The van der Waals surface area contributed by atoms with E-state index in [1.165, 1.54) is 12.1 Å². The second kappa shape index (κ2) is 3.69. The number of nitrogens with zero attached hydrogens (tertiary/aromatic N) is 1. The second-order valence-corrected chi connectivity index (χ2v) is 6.10. The third kappa shape index (κ3) is 1.46. The van der Waals surface area contributed by atoms with E-state index in [2.05, 4.69) is 0 Å². The van der Waals surface area contributed by atoms with Crippen molar-refractivity contribution in [3.05, 3.63) is 29.3 Å². The number of aromatic carboxylic acids is 1. The van der Waals surface area contributed by atoms with Crippen molar-refractivity contribution < 1.29 is 19.5 Å². The van der Waals surface area contributed by atoms with Crippen LogP contribution in [0.25, 0.3) is 0 Å². The number of anilines is 1. The van der Waals surface area contributed by atoms with Gasteiger partial charge in [-0.25, -0.2) is 9.69 Å². The van der Waals surface area contributed by atoms with Crippen molar-refractivity contribution >= 4 is 23.5 Å². The lowest BCUT2D eigenvalue weighted by molar-refractivity contribution is -0.125. The normalized spacial score (nSPS) is 26.6. The molecule has 5 nitrogen and oxygen atoms in total. The largest absolute Gasteiger partial charge is 0.478 e. The van der Waals surface area contributed by atoms with E-state index in [1.54, 1.807) is 13.0 Å². The van der Waals surface area contributed by atoms with Crippen molar-refractivity contribution in [1.82, 2.24) is 0 Å². The van der Waals surface area contributed by atoms with Crippen molar-refractivity contribution in [2.24, 2.45) is 17.3 Å². The first kappa shape index (κ1) is 12.8. The van der Waals surface area contributed by atoms with Gasteiger partial charge in [-0.15, -0.1) is 0 Å². The summed E-state index contributed by atoms with van der Waals surface area (Å²) in [5.41, 5.74) is 0.924. The molecule has 0 spiro atoms. The SMILES string of the molecule is Cc1ccc(C(=O)O)cc1N1C(=O)C2C(C1=O)C2(C)C. The fourth-order valence-corrected chi connectivity index (χ4v) is 3.17. The molecular weight excluding hydrogens is 258 g/mol. The van der Waals surface area contributed by atoms with E-state index < -0.39 is 5.97 Å². The minimum absolute atomic E-state index is 0.0750. The molecule has 1 aromatic carbocycles. The van der Waals surface area contributed by atoms with Crippen LogP contribution in [0.15, 0.2) is 18.2 Å². The van der Waals surface area contributed by atoms with Gasteiger partial charge in [0, 0.05) is 0 Å². The molecule has 0 aromatic heterocycles. The van der Waals surface area contributed by atoms with E-state index in [1.807, 2.05) is 13.8 Å². The Bertz CT molecular complexity index is 638. The third-order valence-electron chi connectivity index (χ3n) is 4.50. The fourth-order valence-electron chi connectivity index (χ4n) is 3.17. The first-order valence-corrected chi connectivity index (χ1v) is 6.48. The Balaban J connectivity index is 2.03. The van der Waals surface area contributed by atoms with Gasteiger partial charge >= 0.3 is 5.97 Å². The van der Waals surface area contributed by atoms with Gasteiger partial charge in [-0.3, -0.25) is 9.59 Å². The lowest BCUT2D eigenvalue weighted by atomic mass is 10.0. The number of amides is 2. The number of imide groups is 1. The van der Waals surface area contributed by atoms with E-state index >= 15 is 0 Å². The molecule has 2 fully saturated rings. The number of hydrogen-bond acceptors (Lipinski definition) is 3. The highest BCUT2D eigenvalue weighted by Gasteiger charge is 2.72. The van der Waals surface area contributed by atoms with Gasteiger partial charge in [0.25, 0.3) is 0 Å². The quantitative estimate of drug-likeness (QED) is 0.834. The Hall–Kier alpha value is -2.17. The van der Waals surface area contributed by atoms with Gasteiger partial charge in [0.2, 0.25) is 11.8 Å². The summed E-state index contributed by atoms with van der Waals surface area (Å²) in [5.74, 6) is -2.02. The smallest absolute Gasteiger partial charge is 0.335 e. The average molecular weight is 273 g/mol. The number of benzene rings is 1. The third-order valence-corrected chi connectivity index (χ3v) is 4.50. The van der Waals surface area contributed by atoms with Crippen LogP contribution >= 0.6 is 0 Å². The summed E-state index contributed by atoms with van der Waals surface area (Å²) < 4.78 is 0. The van der Waals surface area contributed by atoms with Crippen LogP contribution in [0.3, 0.4) is 0 Å². The zero-order chi connectivity index (χ0) is 14.8. The van der Waals surface area contributed by atoms with Gasteiger partial charge in [0.1, 0.15) is 0 Å². The summed E-state index contributed by atoms with van der Waals surface area (Å²) in [6.45, 7) is 5.59. The Morgan fingerprint density at radius 1 is 1.20 bits per heavy atom. The highest BCUT2D eigenvalue weighted by Crippen LogP contribution is 2.63. The standard InChI is InChI=1S/C15H15NO4/c1-7-4-5-8(14(19)20)6-9(7)16-12(17)10-11(13(16)18)15(10,2)3/h4-6,10-11H,1-3H3,(H,19,20). The van der Waals surface area contributed by atoms with Crippen LogP contribution in [0, 0.1) is 24.2 Å². The van der Waals surface area contributed by atoms with Crippen LogP contribution in [0.5, 0.6) is 0 Å². The van der Waals surface area contributed by atoms with Crippen molar-refractivity contribution in [2.75, 3.05) is 4.90 Å². The molecule has 104 valence electrons. The predicted molar refractivity (Wildman–Crippen MR) is 71.4 cm³/mol. The minimum Gasteiger partial charge on any atom is -0.478 e. The van der Waals surface area contributed by atoms with Gasteiger partial charge in [0.15, 0.2) is 0 Å². The highest BCUT2D eigenvalue weighted by molar-refractivity contribution is 6.26. The molecule has 1 aromatic rings. The number of carbonyl (C=O) groups excluding carboxylic acids is 2. The van der Waals surface area contributed by atoms with E-state index in [4.69, 9.17) is 5.11 Å². The monoisotopic (exact) mass is 273 g/mol. The van der Waals surface area contributed by atoms with Crippen molar-refractivity contribution in [2.45, 2.75) is 20.8 Å². The first-order valence-electron chi connectivity index (χ1n) is 6.48. The molecular formula is C15H15NO4. The number of rotatable bonds is 2. The molecule has 1 saturated carbocycles. The maximum atomic E-state index is 12.4. The van der Waals surface area contributed by atoms with Crippen molar-refractivity contribution in [3.63, 3.8) is 0 Å². The van der Waals surface area contributed by atoms with Crippen LogP contribution < -0.4 is 4.90 Å². The summed E-state index contributed by atoms with van der Waals surface area (Å²) in [6.07, 6.45) is 0. The molecule has 2 aliphatic rings. The molecule has 1 heterocycles. The van der Waals surface area contributed by atoms with Gasteiger partial charge in [0.05, 0.1) is 23.1 Å². The van der Waals surface area contributed by atoms with Crippen molar-refractivity contribution in [1.29, 1.82) is 0 Å². The average Bonchev–Trinajstić information content (AvgIpc) is 2.81. The second-order valence-electron chi connectivity index (χ2n) is 6.10. The molecule has 2 atom stereocenters. The molecule has 2 amide bonds. The number of aryl methyl sites for hydroxylation is 1. The maximum absolute atomic E-state index is 12.4. The number of carboxylic acid groups (broad SMARTS) is 1. The fraction of sp³-hybridized carbons (Fsp3) is 0.400. The van der Waals surface area contributed by atoms with Crippen LogP contribution in [0.4, 0.5) is 5.69 Å². The topological polar surface area (TPSA) is 74.7 Å². The lowest BCUT2D eigenvalue weighted by Crippen LogP contribution is -2.36. The molecule has 1 aliphatic heterocycles. The van der Waals surface area contributed by atoms with E-state index in [-0.39, 0.29) is 34.6 Å². The van der Waals surface area contributed by atoms with Gasteiger partial charge in [-0.1, -0.05) is 19.9 Å². The van der Waals surface area contributed by atoms with Gasteiger partial charge in [-0.05, 0) is 30.0 Å². The molecule has 1 aliphatic carbocycles. The first-order chi connectivity index (χ1) is 9.26. The van der Waals surface area contributed by atoms with Crippen LogP contribution in [-0.4, -0.2) is 22.9 Å².